The molecule has 2 aliphatic rings. The second-order valence-corrected chi connectivity index (χ2v) is 6.94. The number of halogens is 1. The Hall–Kier alpha value is -2.87. The molecule has 8 heteroatoms. The lowest BCUT2D eigenvalue weighted by Gasteiger charge is -2.20. The summed E-state index contributed by atoms with van der Waals surface area (Å²) in [5.41, 5.74) is 2.35. The quantitative estimate of drug-likeness (QED) is 0.427. The van der Waals surface area contributed by atoms with E-state index in [2.05, 4.69) is 0 Å². The fourth-order valence-electron chi connectivity index (χ4n) is 3.21. The van der Waals surface area contributed by atoms with Crippen LogP contribution in [-0.4, -0.2) is 32.3 Å². The van der Waals surface area contributed by atoms with Gasteiger partial charge in [0.25, 0.3) is 0 Å². The molecule has 0 amide bonds. The van der Waals surface area contributed by atoms with Crippen molar-refractivity contribution in [3.8, 4) is 17.2 Å². The molecule has 150 valence electrons. The molecule has 29 heavy (non-hydrogen) atoms. The second-order valence-electron chi connectivity index (χ2n) is 6.51. The first-order chi connectivity index (χ1) is 14.0. The maximum atomic E-state index is 12.8. The van der Waals surface area contributed by atoms with Crippen LogP contribution >= 0.6 is 11.6 Å². The Morgan fingerprint density at radius 2 is 2.10 bits per heavy atom. The summed E-state index contributed by atoms with van der Waals surface area (Å²) in [5, 5.41) is 0.496. The predicted molar refractivity (Wildman–Crippen MR) is 103 cm³/mol. The number of ketones is 1. The van der Waals surface area contributed by atoms with Gasteiger partial charge in [-0.15, -0.1) is 0 Å². The molecule has 4 rings (SSSR count). The third-order valence-corrected chi connectivity index (χ3v) is 4.73. The number of carbonyl (C=O) groups is 2. The molecular formula is C21H17ClO7. The van der Waals surface area contributed by atoms with Gasteiger partial charge in [-0.3, -0.25) is 4.79 Å². The van der Waals surface area contributed by atoms with Crippen molar-refractivity contribution in [2.45, 2.75) is 13.5 Å². The Morgan fingerprint density at radius 1 is 1.28 bits per heavy atom. The molecule has 0 radical (unpaired) electrons. The molecule has 0 saturated carbocycles. The summed E-state index contributed by atoms with van der Waals surface area (Å²) in [6, 6.07) is 6.59. The molecule has 2 aromatic rings. The normalized spacial score (nSPS) is 16.1. The van der Waals surface area contributed by atoms with Gasteiger partial charge in [-0.1, -0.05) is 11.6 Å². The number of hydrogen-bond donors (Lipinski definition) is 0. The van der Waals surface area contributed by atoms with Gasteiger partial charge in [0.15, 0.2) is 12.6 Å². The molecule has 0 N–H and O–H groups in total. The van der Waals surface area contributed by atoms with Gasteiger partial charge in [0, 0.05) is 28.8 Å². The lowest BCUT2D eigenvalue weighted by molar-refractivity contribution is -0.138. The minimum absolute atomic E-state index is 0.120. The van der Waals surface area contributed by atoms with Crippen LogP contribution < -0.4 is 14.2 Å². The molecule has 2 heterocycles. The van der Waals surface area contributed by atoms with E-state index < -0.39 is 5.97 Å². The van der Waals surface area contributed by atoms with Crippen LogP contribution in [0.25, 0.3) is 6.08 Å². The lowest BCUT2D eigenvalue weighted by atomic mass is 10.0. The lowest BCUT2D eigenvalue weighted by Crippen LogP contribution is -2.14. The number of Topliss-reactive ketones (excluding diaryl/α,β-unsaturated/α-hetero) is 1. The Labute approximate surface area is 171 Å². The Bertz CT molecular complexity index is 1040. The number of carbonyl (C=O) groups excluding carboxylic acids is 2. The zero-order valence-corrected chi connectivity index (χ0v) is 16.5. The number of ether oxygens (including phenoxy) is 5. The van der Waals surface area contributed by atoms with Gasteiger partial charge < -0.3 is 23.7 Å². The molecule has 0 aliphatic carbocycles. The van der Waals surface area contributed by atoms with Crippen LogP contribution in [0, 0.1) is 6.92 Å². The van der Waals surface area contributed by atoms with E-state index in [1.165, 1.54) is 7.11 Å². The van der Waals surface area contributed by atoms with E-state index in [-0.39, 0.29) is 24.9 Å². The molecule has 0 fully saturated rings. The van der Waals surface area contributed by atoms with Gasteiger partial charge in [-0.05, 0) is 37.3 Å². The topological polar surface area (TPSA) is 80.3 Å². The van der Waals surface area contributed by atoms with Gasteiger partial charge in [0.2, 0.25) is 5.78 Å². The van der Waals surface area contributed by atoms with Crippen molar-refractivity contribution in [3.05, 3.63) is 57.3 Å². The molecule has 0 spiro atoms. The van der Waals surface area contributed by atoms with Crippen LogP contribution in [-0.2, 0) is 20.9 Å². The average Bonchev–Trinajstić information content (AvgIpc) is 3.00. The molecule has 2 aliphatic heterocycles. The minimum Gasteiger partial charge on any atom is -0.467 e. The van der Waals surface area contributed by atoms with Gasteiger partial charge in [0.05, 0.1) is 12.2 Å². The zero-order chi connectivity index (χ0) is 20.5. The first kappa shape index (κ1) is 19.4. The van der Waals surface area contributed by atoms with Crippen LogP contribution in [0.1, 0.15) is 27.0 Å². The van der Waals surface area contributed by atoms with Crippen molar-refractivity contribution >= 4 is 29.4 Å². The highest BCUT2D eigenvalue weighted by Gasteiger charge is 2.31. The fourth-order valence-corrected chi connectivity index (χ4v) is 3.45. The zero-order valence-electron chi connectivity index (χ0n) is 15.7. The first-order valence-corrected chi connectivity index (χ1v) is 9.16. The van der Waals surface area contributed by atoms with E-state index in [1.807, 2.05) is 0 Å². The van der Waals surface area contributed by atoms with Crippen molar-refractivity contribution in [1.29, 1.82) is 0 Å². The third kappa shape index (κ3) is 3.72. The van der Waals surface area contributed by atoms with Crippen LogP contribution in [0.15, 0.2) is 30.0 Å². The number of rotatable bonds is 4. The summed E-state index contributed by atoms with van der Waals surface area (Å²) >= 11 is 6.19. The number of benzene rings is 2. The van der Waals surface area contributed by atoms with Crippen LogP contribution in [0.2, 0.25) is 5.02 Å². The molecule has 0 atom stereocenters. The maximum absolute atomic E-state index is 12.8. The highest BCUT2D eigenvalue weighted by Crippen LogP contribution is 2.40. The predicted octanol–water partition coefficient (Wildman–Crippen LogP) is 3.68. The number of methoxy groups -OCH3 is 1. The standard InChI is InChI=1S/C21H17ClO7/c1-11-16(28-18(23)9-25-2)4-3-15-19(24)17(29-20(11)15)7-12-5-14(22)6-13-8-26-10-27-21(12)13/h3-7H,8-10H2,1-2H3/b17-7-. The van der Waals surface area contributed by atoms with Crippen LogP contribution in [0.3, 0.4) is 0 Å². The number of esters is 1. The van der Waals surface area contributed by atoms with Gasteiger partial charge in [-0.2, -0.15) is 0 Å². The summed E-state index contributed by atoms with van der Waals surface area (Å²) in [6.45, 7) is 2.03. The van der Waals surface area contributed by atoms with Crippen molar-refractivity contribution in [2.75, 3.05) is 20.5 Å². The van der Waals surface area contributed by atoms with Gasteiger partial charge >= 0.3 is 5.97 Å². The molecule has 2 aromatic carbocycles. The molecular weight excluding hydrogens is 400 g/mol. The highest BCUT2D eigenvalue weighted by molar-refractivity contribution is 6.31. The van der Waals surface area contributed by atoms with Crippen molar-refractivity contribution in [2.24, 2.45) is 0 Å². The number of allylic oxidation sites excluding steroid dienone is 1. The van der Waals surface area contributed by atoms with E-state index in [1.54, 1.807) is 37.3 Å². The summed E-state index contributed by atoms with van der Waals surface area (Å²) < 4.78 is 26.7. The van der Waals surface area contributed by atoms with E-state index in [9.17, 15) is 9.59 Å². The van der Waals surface area contributed by atoms with Gasteiger partial charge in [0.1, 0.15) is 23.9 Å². The molecule has 0 bridgehead atoms. The number of fused-ring (bicyclic) bond motifs is 2. The molecule has 0 saturated heterocycles. The molecule has 7 nitrogen and oxygen atoms in total. The maximum Gasteiger partial charge on any atom is 0.337 e. The third-order valence-electron chi connectivity index (χ3n) is 4.51. The minimum atomic E-state index is -0.541. The summed E-state index contributed by atoms with van der Waals surface area (Å²) in [4.78, 5) is 24.5. The Kier molecular flexibility index (Phi) is 5.27. The summed E-state index contributed by atoms with van der Waals surface area (Å²) in [7, 11) is 1.40. The van der Waals surface area contributed by atoms with Crippen LogP contribution in [0.5, 0.6) is 17.2 Å². The number of hydrogen-bond acceptors (Lipinski definition) is 7. The molecule has 0 unspecified atom stereocenters. The van der Waals surface area contributed by atoms with Crippen molar-refractivity contribution in [1.82, 2.24) is 0 Å². The smallest absolute Gasteiger partial charge is 0.337 e. The first-order valence-electron chi connectivity index (χ1n) is 8.78. The molecule has 0 aromatic heterocycles. The Morgan fingerprint density at radius 3 is 2.90 bits per heavy atom. The summed E-state index contributed by atoms with van der Waals surface area (Å²) in [6.07, 6.45) is 1.59. The second kappa shape index (κ2) is 7.87. The van der Waals surface area contributed by atoms with Crippen molar-refractivity contribution < 1.29 is 33.3 Å². The largest absolute Gasteiger partial charge is 0.467 e. The average molecular weight is 417 g/mol. The fraction of sp³-hybridized carbons (Fsp3) is 0.238. The van der Waals surface area contributed by atoms with Crippen LogP contribution in [0.4, 0.5) is 0 Å². The monoisotopic (exact) mass is 416 g/mol. The highest BCUT2D eigenvalue weighted by atomic mass is 35.5. The summed E-state index contributed by atoms with van der Waals surface area (Å²) in [5.74, 6) is 0.568. The van der Waals surface area contributed by atoms with E-state index in [4.69, 9.17) is 35.3 Å². The van der Waals surface area contributed by atoms with E-state index in [0.29, 0.717) is 45.6 Å². The van der Waals surface area contributed by atoms with Gasteiger partial charge in [-0.25, -0.2) is 4.79 Å². The van der Waals surface area contributed by atoms with E-state index >= 15 is 0 Å². The van der Waals surface area contributed by atoms with E-state index in [0.717, 1.165) is 5.56 Å². The Balaban J connectivity index is 1.68. The SMILES string of the molecule is COCC(=O)Oc1ccc2c(c1C)O/C(=C\c1cc(Cl)cc3c1OCOC3)C2=O. The van der Waals surface area contributed by atoms with Crippen molar-refractivity contribution in [3.63, 3.8) is 0 Å².